The standard InChI is InChI=1S/C12H10F5N3O/c1-2-3-18-4-5-19-20-12(21-5)6-7(13)9(15)11(17)10(16)8(6)14/h18H,2-4H2,1H3. The van der Waals surface area contributed by atoms with Crippen LogP contribution in [0.2, 0.25) is 0 Å². The second-order valence-corrected chi connectivity index (χ2v) is 4.12. The van der Waals surface area contributed by atoms with Crippen molar-refractivity contribution in [1.29, 1.82) is 0 Å². The molecule has 1 aromatic carbocycles. The fourth-order valence-corrected chi connectivity index (χ4v) is 1.59. The minimum absolute atomic E-state index is 0.0256. The maximum Gasteiger partial charge on any atom is 0.253 e. The molecule has 0 aliphatic rings. The average Bonchev–Trinajstić information content (AvgIpc) is 2.92. The summed E-state index contributed by atoms with van der Waals surface area (Å²) in [5.41, 5.74) is -1.24. The summed E-state index contributed by atoms with van der Waals surface area (Å²) in [5, 5.41) is 9.67. The van der Waals surface area contributed by atoms with Crippen molar-refractivity contribution in [3.8, 4) is 11.5 Å². The van der Waals surface area contributed by atoms with Gasteiger partial charge in [0.15, 0.2) is 23.3 Å². The van der Waals surface area contributed by atoms with Crippen molar-refractivity contribution in [3.63, 3.8) is 0 Å². The van der Waals surface area contributed by atoms with E-state index in [0.29, 0.717) is 6.54 Å². The topological polar surface area (TPSA) is 51.0 Å². The van der Waals surface area contributed by atoms with Gasteiger partial charge in [-0.1, -0.05) is 6.92 Å². The number of nitrogens with one attached hydrogen (secondary N) is 1. The van der Waals surface area contributed by atoms with E-state index in [-0.39, 0.29) is 12.4 Å². The molecule has 21 heavy (non-hydrogen) atoms. The van der Waals surface area contributed by atoms with E-state index in [9.17, 15) is 22.0 Å². The van der Waals surface area contributed by atoms with Gasteiger partial charge in [0.2, 0.25) is 11.7 Å². The lowest BCUT2D eigenvalue weighted by molar-refractivity contribution is 0.377. The Labute approximate surface area is 116 Å². The second-order valence-electron chi connectivity index (χ2n) is 4.12. The van der Waals surface area contributed by atoms with Crippen LogP contribution in [0.1, 0.15) is 19.2 Å². The molecule has 0 fully saturated rings. The first-order chi connectivity index (χ1) is 9.97. The fourth-order valence-electron chi connectivity index (χ4n) is 1.59. The Kier molecular flexibility index (Phi) is 4.51. The van der Waals surface area contributed by atoms with Crippen LogP contribution in [0.5, 0.6) is 0 Å². The zero-order valence-electron chi connectivity index (χ0n) is 10.8. The zero-order valence-corrected chi connectivity index (χ0v) is 10.8. The lowest BCUT2D eigenvalue weighted by Gasteiger charge is -2.04. The van der Waals surface area contributed by atoms with Crippen molar-refractivity contribution in [2.45, 2.75) is 19.9 Å². The van der Waals surface area contributed by atoms with Gasteiger partial charge in [0.05, 0.1) is 6.54 Å². The van der Waals surface area contributed by atoms with Crippen LogP contribution >= 0.6 is 0 Å². The average molecular weight is 307 g/mol. The van der Waals surface area contributed by atoms with Crippen LogP contribution in [0.15, 0.2) is 4.42 Å². The summed E-state index contributed by atoms with van der Waals surface area (Å²) in [7, 11) is 0. The molecule has 0 bridgehead atoms. The fraction of sp³-hybridized carbons (Fsp3) is 0.333. The Hall–Kier alpha value is -2.03. The van der Waals surface area contributed by atoms with E-state index in [1.807, 2.05) is 6.92 Å². The van der Waals surface area contributed by atoms with Gasteiger partial charge < -0.3 is 9.73 Å². The van der Waals surface area contributed by atoms with Gasteiger partial charge >= 0.3 is 0 Å². The van der Waals surface area contributed by atoms with Gasteiger partial charge in [0.1, 0.15) is 5.56 Å². The highest BCUT2D eigenvalue weighted by molar-refractivity contribution is 5.55. The monoisotopic (exact) mass is 307 g/mol. The molecule has 0 atom stereocenters. The maximum absolute atomic E-state index is 13.5. The van der Waals surface area contributed by atoms with Crippen LogP contribution in [-0.4, -0.2) is 16.7 Å². The van der Waals surface area contributed by atoms with Crippen molar-refractivity contribution < 1.29 is 26.4 Å². The van der Waals surface area contributed by atoms with Crippen molar-refractivity contribution in [3.05, 3.63) is 35.0 Å². The molecule has 2 aromatic rings. The molecule has 1 heterocycles. The molecule has 0 spiro atoms. The molecule has 1 N–H and O–H groups in total. The molecular formula is C12H10F5N3O. The largest absolute Gasteiger partial charge is 0.419 e. The van der Waals surface area contributed by atoms with Crippen LogP contribution < -0.4 is 5.32 Å². The maximum atomic E-state index is 13.5. The van der Waals surface area contributed by atoms with Crippen LogP contribution in [0.3, 0.4) is 0 Å². The van der Waals surface area contributed by atoms with E-state index in [1.165, 1.54) is 0 Å². The summed E-state index contributed by atoms with van der Waals surface area (Å²) < 4.78 is 71.1. The number of halogens is 5. The third-order valence-corrected chi connectivity index (χ3v) is 2.59. The molecule has 0 amide bonds. The minimum atomic E-state index is -2.24. The van der Waals surface area contributed by atoms with Gasteiger partial charge in [-0.15, -0.1) is 10.2 Å². The number of hydrogen-bond donors (Lipinski definition) is 1. The Balaban J connectivity index is 2.39. The van der Waals surface area contributed by atoms with Gasteiger partial charge in [0.25, 0.3) is 5.89 Å². The van der Waals surface area contributed by atoms with Gasteiger partial charge in [0, 0.05) is 0 Å². The first-order valence-corrected chi connectivity index (χ1v) is 6.02. The molecule has 2 rings (SSSR count). The number of nitrogens with zero attached hydrogens (tertiary/aromatic N) is 2. The third kappa shape index (κ3) is 2.87. The Morgan fingerprint density at radius 3 is 2.05 bits per heavy atom. The van der Waals surface area contributed by atoms with Crippen LogP contribution in [0.25, 0.3) is 11.5 Å². The van der Waals surface area contributed by atoms with E-state index in [1.54, 1.807) is 0 Å². The van der Waals surface area contributed by atoms with E-state index in [0.717, 1.165) is 6.42 Å². The smallest absolute Gasteiger partial charge is 0.253 e. The molecule has 0 saturated carbocycles. The predicted octanol–water partition coefficient (Wildman–Crippen LogP) is 2.93. The Morgan fingerprint density at radius 2 is 1.48 bits per heavy atom. The molecule has 0 radical (unpaired) electrons. The zero-order chi connectivity index (χ0) is 15.6. The summed E-state index contributed by atoms with van der Waals surface area (Å²) in [4.78, 5) is 0. The second kappa shape index (κ2) is 6.17. The van der Waals surface area contributed by atoms with Gasteiger partial charge in [-0.25, -0.2) is 22.0 Å². The molecule has 0 aliphatic heterocycles. The van der Waals surface area contributed by atoms with Crippen molar-refractivity contribution in [2.75, 3.05) is 6.54 Å². The van der Waals surface area contributed by atoms with Crippen molar-refractivity contribution >= 4 is 0 Å². The highest BCUT2D eigenvalue weighted by atomic mass is 19.2. The van der Waals surface area contributed by atoms with Gasteiger partial charge in [-0.3, -0.25) is 0 Å². The molecular weight excluding hydrogens is 297 g/mol. The summed E-state index contributed by atoms with van der Waals surface area (Å²) in [6, 6.07) is 0. The highest BCUT2D eigenvalue weighted by Crippen LogP contribution is 2.30. The molecule has 114 valence electrons. The first kappa shape index (κ1) is 15.4. The van der Waals surface area contributed by atoms with Gasteiger partial charge in [-0.2, -0.15) is 0 Å². The Bertz CT molecular complexity index is 630. The van der Waals surface area contributed by atoms with E-state index in [2.05, 4.69) is 15.5 Å². The molecule has 0 unspecified atom stereocenters. The number of hydrogen-bond acceptors (Lipinski definition) is 4. The van der Waals surface area contributed by atoms with E-state index in [4.69, 9.17) is 4.42 Å². The molecule has 4 nitrogen and oxygen atoms in total. The molecule has 1 aromatic heterocycles. The van der Waals surface area contributed by atoms with E-state index >= 15 is 0 Å². The van der Waals surface area contributed by atoms with Crippen molar-refractivity contribution in [2.24, 2.45) is 0 Å². The van der Waals surface area contributed by atoms with E-state index < -0.39 is 40.5 Å². The van der Waals surface area contributed by atoms with Crippen LogP contribution in [0, 0.1) is 29.1 Å². The third-order valence-electron chi connectivity index (χ3n) is 2.59. The normalized spacial score (nSPS) is 11.1. The molecule has 0 aliphatic carbocycles. The minimum Gasteiger partial charge on any atom is -0.419 e. The summed E-state index contributed by atoms with van der Waals surface area (Å²) in [6.45, 7) is 2.68. The van der Waals surface area contributed by atoms with Gasteiger partial charge in [-0.05, 0) is 13.0 Å². The lowest BCUT2D eigenvalue weighted by atomic mass is 10.1. The summed E-state index contributed by atoms with van der Waals surface area (Å²) in [6.07, 6.45) is 0.832. The van der Waals surface area contributed by atoms with Crippen LogP contribution in [0.4, 0.5) is 22.0 Å². The first-order valence-electron chi connectivity index (χ1n) is 6.02. The lowest BCUT2D eigenvalue weighted by Crippen LogP contribution is -2.13. The Morgan fingerprint density at radius 1 is 0.905 bits per heavy atom. The predicted molar refractivity (Wildman–Crippen MR) is 61.5 cm³/mol. The molecule has 0 saturated heterocycles. The summed E-state index contributed by atoms with van der Waals surface area (Å²) in [5.74, 6) is -11.2. The highest BCUT2D eigenvalue weighted by Gasteiger charge is 2.29. The molecule has 9 heteroatoms. The van der Waals surface area contributed by atoms with Crippen LogP contribution in [-0.2, 0) is 6.54 Å². The number of benzene rings is 1. The number of aromatic nitrogens is 2. The van der Waals surface area contributed by atoms with Crippen molar-refractivity contribution in [1.82, 2.24) is 15.5 Å². The number of rotatable bonds is 5. The SMILES string of the molecule is CCCNCc1nnc(-c2c(F)c(F)c(F)c(F)c2F)o1. The summed E-state index contributed by atoms with van der Waals surface area (Å²) >= 11 is 0. The quantitative estimate of drug-likeness (QED) is 0.399.